The molecule has 2 aromatic rings. The van der Waals surface area contributed by atoms with Crippen molar-refractivity contribution in [1.82, 2.24) is 24.8 Å². The van der Waals surface area contributed by atoms with Gasteiger partial charge in [0.15, 0.2) is 0 Å². The smallest absolute Gasteiger partial charge is 0.292 e. The van der Waals surface area contributed by atoms with Gasteiger partial charge < -0.3 is 9.64 Å². The van der Waals surface area contributed by atoms with Crippen molar-refractivity contribution < 1.29 is 9.53 Å². The molecule has 1 fully saturated rings. The third-order valence-electron chi connectivity index (χ3n) is 3.94. The molecule has 0 aromatic carbocycles. The Hall–Kier alpha value is -2.41. The molecule has 0 unspecified atom stereocenters. The van der Waals surface area contributed by atoms with Crippen molar-refractivity contribution in [3.63, 3.8) is 0 Å². The summed E-state index contributed by atoms with van der Waals surface area (Å²) in [7, 11) is 0. The molecule has 0 radical (unpaired) electrons. The van der Waals surface area contributed by atoms with Gasteiger partial charge in [-0.05, 0) is 25.8 Å². The van der Waals surface area contributed by atoms with E-state index in [1.807, 2.05) is 11.8 Å². The first-order valence-electron chi connectivity index (χ1n) is 7.68. The number of amides is 1. The van der Waals surface area contributed by atoms with Gasteiger partial charge in [-0.25, -0.2) is 9.97 Å². The standard InChI is InChI=1S/C16H19N5O2/c1-12-14(18-8-7-17-12)4-3-13-11-23-10-9-21(13)16(22)15-19-5-2-6-20-15/h2,5-8,13H,3-4,9-11H2,1H3/t13-/m1/s1. The van der Waals surface area contributed by atoms with Gasteiger partial charge in [0.1, 0.15) is 0 Å². The second-order valence-electron chi connectivity index (χ2n) is 5.43. The molecule has 0 N–H and O–H groups in total. The van der Waals surface area contributed by atoms with Crippen LogP contribution in [0.4, 0.5) is 0 Å². The van der Waals surface area contributed by atoms with E-state index in [0.717, 1.165) is 24.2 Å². The molecule has 1 amide bonds. The molecule has 0 spiro atoms. The molecule has 1 saturated heterocycles. The number of hydrogen-bond donors (Lipinski definition) is 0. The minimum Gasteiger partial charge on any atom is -0.377 e. The van der Waals surface area contributed by atoms with E-state index in [-0.39, 0.29) is 17.8 Å². The van der Waals surface area contributed by atoms with Gasteiger partial charge in [0.25, 0.3) is 5.91 Å². The lowest BCUT2D eigenvalue weighted by atomic mass is 10.1. The second-order valence-corrected chi connectivity index (χ2v) is 5.43. The van der Waals surface area contributed by atoms with E-state index in [1.165, 1.54) is 0 Å². The van der Waals surface area contributed by atoms with Gasteiger partial charge in [-0.15, -0.1) is 0 Å². The molecule has 7 heteroatoms. The average molecular weight is 313 g/mol. The van der Waals surface area contributed by atoms with E-state index in [1.54, 1.807) is 30.9 Å². The largest absolute Gasteiger partial charge is 0.377 e. The maximum atomic E-state index is 12.6. The van der Waals surface area contributed by atoms with E-state index in [9.17, 15) is 4.79 Å². The Labute approximate surface area is 134 Å². The molecule has 7 nitrogen and oxygen atoms in total. The molecule has 120 valence electrons. The lowest BCUT2D eigenvalue weighted by Gasteiger charge is -2.35. The van der Waals surface area contributed by atoms with Crippen LogP contribution in [0.1, 0.15) is 28.4 Å². The normalized spacial score (nSPS) is 18.0. The second kappa shape index (κ2) is 7.23. The molecule has 3 rings (SSSR count). The number of aryl methyl sites for hydroxylation is 2. The molecular formula is C16H19N5O2. The number of carbonyl (C=O) groups is 1. The zero-order chi connectivity index (χ0) is 16.1. The fraction of sp³-hybridized carbons (Fsp3) is 0.438. The summed E-state index contributed by atoms with van der Waals surface area (Å²) >= 11 is 0. The quantitative estimate of drug-likeness (QED) is 0.839. The number of aromatic nitrogens is 4. The molecule has 2 aromatic heterocycles. The monoisotopic (exact) mass is 313 g/mol. The van der Waals surface area contributed by atoms with Crippen LogP contribution >= 0.6 is 0 Å². The average Bonchev–Trinajstić information content (AvgIpc) is 2.61. The Morgan fingerprint density at radius 1 is 1.22 bits per heavy atom. The summed E-state index contributed by atoms with van der Waals surface area (Å²) in [6, 6.07) is 1.70. The van der Waals surface area contributed by atoms with Crippen LogP contribution in [0.25, 0.3) is 0 Å². The van der Waals surface area contributed by atoms with Crippen LogP contribution in [0.3, 0.4) is 0 Å². The Kier molecular flexibility index (Phi) is 4.87. The summed E-state index contributed by atoms with van der Waals surface area (Å²) in [5.74, 6) is 0.0878. The van der Waals surface area contributed by atoms with Crippen LogP contribution in [-0.4, -0.2) is 56.5 Å². The van der Waals surface area contributed by atoms with Crippen LogP contribution in [-0.2, 0) is 11.2 Å². The van der Waals surface area contributed by atoms with E-state index >= 15 is 0 Å². The first-order chi connectivity index (χ1) is 11.3. The maximum Gasteiger partial charge on any atom is 0.292 e. The number of hydrogen-bond acceptors (Lipinski definition) is 6. The van der Waals surface area contributed by atoms with E-state index in [2.05, 4.69) is 19.9 Å². The van der Waals surface area contributed by atoms with Gasteiger partial charge in [-0.3, -0.25) is 14.8 Å². The molecule has 0 saturated carbocycles. The van der Waals surface area contributed by atoms with Gasteiger partial charge in [0, 0.05) is 31.3 Å². The maximum absolute atomic E-state index is 12.6. The molecule has 1 aliphatic heterocycles. The van der Waals surface area contributed by atoms with Gasteiger partial charge in [0.2, 0.25) is 5.82 Å². The zero-order valence-electron chi connectivity index (χ0n) is 13.1. The molecule has 23 heavy (non-hydrogen) atoms. The highest BCUT2D eigenvalue weighted by Crippen LogP contribution is 2.16. The van der Waals surface area contributed by atoms with Crippen molar-refractivity contribution in [2.24, 2.45) is 0 Å². The van der Waals surface area contributed by atoms with Crippen LogP contribution < -0.4 is 0 Å². The summed E-state index contributed by atoms with van der Waals surface area (Å²) in [6.07, 6.45) is 8.08. The van der Waals surface area contributed by atoms with Crippen LogP contribution in [0.15, 0.2) is 30.9 Å². The van der Waals surface area contributed by atoms with Crippen LogP contribution in [0.5, 0.6) is 0 Å². The third kappa shape index (κ3) is 3.68. The molecule has 0 aliphatic carbocycles. The van der Waals surface area contributed by atoms with E-state index in [0.29, 0.717) is 19.8 Å². The number of carbonyl (C=O) groups excluding carboxylic acids is 1. The van der Waals surface area contributed by atoms with Gasteiger partial charge in [-0.1, -0.05) is 0 Å². The molecule has 1 atom stereocenters. The lowest BCUT2D eigenvalue weighted by molar-refractivity contribution is -0.00477. The highest BCUT2D eigenvalue weighted by molar-refractivity contribution is 5.90. The van der Waals surface area contributed by atoms with Crippen molar-refractivity contribution in [3.05, 3.63) is 48.1 Å². The Morgan fingerprint density at radius 2 is 2.00 bits per heavy atom. The Balaban J connectivity index is 1.69. The van der Waals surface area contributed by atoms with Crippen molar-refractivity contribution >= 4 is 5.91 Å². The van der Waals surface area contributed by atoms with E-state index < -0.39 is 0 Å². The molecule has 1 aliphatic rings. The van der Waals surface area contributed by atoms with Crippen molar-refractivity contribution in [1.29, 1.82) is 0 Å². The summed E-state index contributed by atoms with van der Waals surface area (Å²) in [5, 5.41) is 0. The van der Waals surface area contributed by atoms with Crippen LogP contribution in [0, 0.1) is 6.92 Å². The number of ether oxygens (including phenoxy) is 1. The molecular weight excluding hydrogens is 294 g/mol. The number of rotatable bonds is 4. The topological polar surface area (TPSA) is 81.1 Å². The molecule has 3 heterocycles. The summed E-state index contributed by atoms with van der Waals surface area (Å²) in [5.41, 5.74) is 1.88. The van der Waals surface area contributed by atoms with Gasteiger partial charge >= 0.3 is 0 Å². The summed E-state index contributed by atoms with van der Waals surface area (Å²) in [6.45, 7) is 3.57. The van der Waals surface area contributed by atoms with Crippen molar-refractivity contribution in [2.45, 2.75) is 25.8 Å². The zero-order valence-corrected chi connectivity index (χ0v) is 13.1. The van der Waals surface area contributed by atoms with E-state index in [4.69, 9.17) is 4.74 Å². The van der Waals surface area contributed by atoms with Crippen molar-refractivity contribution in [2.75, 3.05) is 19.8 Å². The minimum absolute atomic E-state index is 0.00135. The SMILES string of the molecule is Cc1nccnc1CC[C@@H]1COCCN1C(=O)c1ncccn1. The van der Waals surface area contributed by atoms with Gasteiger partial charge in [0.05, 0.1) is 30.6 Å². The third-order valence-corrected chi connectivity index (χ3v) is 3.94. The molecule has 0 bridgehead atoms. The minimum atomic E-state index is -0.144. The summed E-state index contributed by atoms with van der Waals surface area (Å²) in [4.78, 5) is 31.1. The highest BCUT2D eigenvalue weighted by Gasteiger charge is 2.29. The first-order valence-corrected chi connectivity index (χ1v) is 7.68. The predicted molar refractivity (Wildman–Crippen MR) is 82.8 cm³/mol. The Morgan fingerprint density at radius 3 is 2.78 bits per heavy atom. The van der Waals surface area contributed by atoms with Crippen LogP contribution in [0.2, 0.25) is 0 Å². The first kappa shape index (κ1) is 15.5. The van der Waals surface area contributed by atoms with Gasteiger partial charge in [-0.2, -0.15) is 0 Å². The lowest BCUT2D eigenvalue weighted by Crippen LogP contribution is -2.49. The number of morpholine rings is 1. The number of nitrogens with zero attached hydrogens (tertiary/aromatic N) is 5. The van der Waals surface area contributed by atoms with Crippen molar-refractivity contribution in [3.8, 4) is 0 Å². The highest BCUT2D eigenvalue weighted by atomic mass is 16.5. The fourth-order valence-electron chi connectivity index (χ4n) is 2.68. The Bertz CT molecular complexity index is 665. The fourth-order valence-corrected chi connectivity index (χ4v) is 2.68. The predicted octanol–water partition coefficient (Wildman–Crippen LogP) is 1.05. The summed E-state index contributed by atoms with van der Waals surface area (Å²) < 4.78 is 5.55.